The summed E-state index contributed by atoms with van der Waals surface area (Å²) in [6, 6.07) is 14.7. The highest BCUT2D eigenvalue weighted by Gasteiger charge is 2.19. The van der Waals surface area contributed by atoms with Gasteiger partial charge in [0.2, 0.25) is 0 Å². The molecule has 110 valence electrons. The number of ether oxygens (including phenoxy) is 1. The van der Waals surface area contributed by atoms with E-state index < -0.39 is 0 Å². The number of benzene rings is 2. The van der Waals surface area contributed by atoms with Gasteiger partial charge in [0, 0.05) is 11.1 Å². The van der Waals surface area contributed by atoms with Gasteiger partial charge in [-0.1, -0.05) is 29.8 Å². The Bertz CT molecular complexity index is 609. The molecule has 1 unspecified atom stereocenters. The van der Waals surface area contributed by atoms with Crippen LogP contribution in [0.2, 0.25) is 5.02 Å². The van der Waals surface area contributed by atoms with Gasteiger partial charge in [-0.25, -0.2) is 0 Å². The molecule has 0 heterocycles. The van der Waals surface area contributed by atoms with E-state index in [1.165, 1.54) is 30.4 Å². The maximum Gasteiger partial charge on any atom is 0.120 e. The third kappa shape index (κ3) is 3.39. The van der Waals surface area contributed by atoms with Gasteiger partial charge in [-0.15, -0.1) is 0 Å². The van der Waals surface area contributed by atoms with Crippen LogP contribution in [0, 0.1) is 0 Å². The zero-order valence-electron chi connectivity index (χ0n) is 12.2. The normalized spacial score (nSPS) is 17.3. The molecule has 0 aromatic heterocycles. The summed E-state index contributed by atoms with van der Waals surface area (Å²) < 4.78 is 5.92. The van der Waals surface area contributed by atoms with Crippen LogP contribution in [0.5, 0.6) is 5.75 Å². The van der Waals surface area contributed by atoms with Crippen LogP contribution >= 0.6 is 11.6 Å². The van der Waals surface area contributed by atoms with Gasteiger partial charge in [-0.3, -0.25) is 0 Å². The van der Waals surface area contributed by atoms with Gasteiger partial charge in [0.15, 0.2) is 0 Å². The average Bonchev–Trinajstić information content (AvgIpc) is 2.53. The first-order valence-corrected chi connectivity index (χ1v) is 7.81. The Balaban J connectivity index is 1.73. The van der Waals surface area contributed by atoms with Crippen molar-refractivity contribution in [3.05, 3.63) is 64.2 Å². The number of hydrogen-bond acceptors (Lipinski definition) is 2. The zero-order valence-corrected chi connectivity index (χ0v) is 13.0. The van der Waals surface area contributed by atoms with Crippen LogP contribution in [0.1, 0.15) is 35.6 Å². The molecule has 0 bridgehead atoms. The van der Waals surface area contributed by atoms with Crippen molar-refractivity contribution in [1.82, 2.24) is 5.32 Å². The topological polar surface area (TPSA) is 21.3 Å². The fourth-order valence-corrected chi connectivity index (χ4v) is 3.04. The van der Waals surface area contributed by atoms with E-state index in [0.29, 0.717) is 12.6 Å². The van der Waals surface area contributed by atoms with Gasteiger partial charge in [-0.2, -0.15) is 0 Å². The largest absolute Gasteiger partial charge is 0.489 e. The van der Waals surface area contributed by atoms with Gasteiger partial charge in [0.25, 0.3) is 0 Å². The molecule has 2 aromatic carbocycles. The maximum absolute atomic E-state index is 5.92. The van der Waals surface area contributed by atoms with Crippen molar-refractivity contribution in [2.24, 2.45) is 0 Å². The maximum atomic E-state index is 5.92. The number of hydrogen-bond donors (Lipinski definition) is 1. The van der Waals surface area contributed by atoms with Crippen molar-refractivity contribution >= 4 is 11.6 Å². The lowest BCUT2D eigenvalue weighted by Gasteiger charge is -2.25. The minimum atomic E-state index is 0.452. The van der Waals surface area contributed by atoms with Crippen molar-refractivity contribution < 1.29 is 4.74 Å². The second-order valence-electron chi connectivity index (χ2n) is 5.51. The van der Waals surface area contributed by atoms with E-state index in [1.54, 1.807) is 0 Å². The van der Waals surface area contributed by atoms with Crippen LogP contribution in [0.3, 0.4) is 0 Å². The van der Waals surface area contributed by atoms with Gasteiger partial charge >= 0.3 is 0 Å². The molecule has 0 saturated heterocycles. The minimum Gasteiger partial charge on any atom is -0.489 e. The molecule has 1 aliphatic rings. The zero-order chi connectivity index (χ0) is 14.7. The quantitative estimate of drug-likeness (QED) is 0.897. The lowest BCUT2D eigenvalue weighted by molar-refractivity contribution is 0.305. The summed E-state index contributed by atoms with van der Waals surface area (Å²) in [5, 5.41) is 4.15. The molecule has 0 spiro atoms. The second-order valence-corrected chi connectivity index (χ2v) is 5.95. The molecular formula is C18H20ClNO. The number of halogens is 1. The molecular weight excluding hydrogens is 282 g/mol. The highest BCUT2D eigenvalue weighted by atomic mass is 35.5. The van der Waals surface area contributed by atoms with Gasteiger partial charge < -0.3 is 10.1 Å². The first-order chi connectivity index (χ1) is 10.3. The van der Waals surface area contributed by atoms with Crippen LogP contribution in [0.25, 0.3) is 0 Å². The van der Waals surface area contributed by atoms with Gasteiger partial charge in [-0.05, 0) is 67.3 Å². The van der Waals surface area contributed by atoms with Crippen molar-refractivity contribution in [3.63, 3.8) is 0 Å². The minimum absolute atomic E-state index is 0.452. The first kappa shape index (κ1) is 14.4. The van der Waals surface area contributed by atoms with Crippen LogP contribution in [0.15, 0.2) is 42.5 Å². The summed E-state index contributed by atoms with van der Waals surface area (Å²) in [4.78, 5) is 0. The van der Waals surface area contributed by atoms with E-state index in [9.17, 15) is 0 Å². The molecule has 1 atom stereocenters. The van der Waals surface area contributed by atoms with Crippen molar-refractivity contribution in [2.45, 2.75) is 31.9 Å². The number of fused-ring (bicyclic) bond motifs is 1. The highest BCUT2D eigenvalue weighted by molar-refractivity contribution is 6.30. The molecule has 2 nitrogen and oxygen atoms in total. The second kappa shape index (κ2) is 6.50. The molecule has 0 aliphatic heterocycles. The standard InChI is InChI=1S/C18H20ClNO/c1-20-18-4-2-3-14-7-10-16(11-17(14)18)21-12-13-5-8-15(19)9-6-13/h5-11,18,20H,2-4,12H2,1H3. The van der Waals surface area contributed by atoms with Crippen molar-refractivity contribution in [3.8, 4) is 5.75 Å². The summed E-state index contributed by atoms with van der Waals surface area (Å²) in [5.74, 6) is 0.936. The number of rotatable bonds is 4. The highest BCUT2D eigenvalue weighted by Crippen LogP contribution is 2.32. The summed E-state index contributed by atoms with van der Waals surface area (Å²) in [6.45, 7) is 0.570. The third-order valence-corrected chi connectivity index (χ3v) is 4.35. The van der Waals surface area contributed by atoms with E-state index >= 15 is 0 Å². The van der Waals surface area contributed by atoms with E-state index in [-0.39, 0.29) is 0 Å². The molecule has 3 rings (SSSR count). The Morgan fingerprint density at radius 3 is 2.76 bits per heavy atom. The van der Waals surface area contributed by atoms with Gasteiger partial charge in [0.05, 0.1) is 0 Å². The molecule has 1 aliphatic carbocycles. The first-order valence-electron chi connectivity index (χ1n) is 7.43. The van der Waals surface area contributed by atoms with E-state index in [2.05, 4.69) is 23.5 Å². The number of nitrogens with one attached hydrogen (secondary N) is 1. The van der Waals surface area contributed by atoms with Crippen molar-refractivity contribution in [1.29, 1.82) is 0 Å². The van der Waals surface area contributed by atoms with E-state index in [0.717, 1.165) is 16.3 Å². The lowest BCUT2D eigenvalue weighted by Crippen LogP contribution is -2.21. The molecule has 0 fully saturated rings. The lowest BCUT2D eigenvalue weighted by atomic mass is 9.87. The predicted molar refractivity (Wildman–Crippen MR) is 87.0 cm³/mol. The molecule has 2 aromatic rings. The van der Waals surface area contributed by atoms with E-state index in [1.807, 2.05) is 31.3 Å². The Kier molecular flexibility index (Phi) is 4.47. The fraction of sp³-hybridized carbons (Fsp3) is 0.333. The molecule has 21 heavy (non-hydrogen) atoms. The Labute approximate surface area is 131 Å². The molecule has 1 N–H and O–H groups in total. The monoisotopic (exact) mass is 301 g/mol. The molecule has 0 radical (unpaired) electrons. The van der Waals surface area contributed by atoms with Crippen LogP contribution in [0.4, 0.5) is 0 Å². The molecule has 3 heteroatoms. The van der Waals surface area contributed by atoms with Crippen LogP contribution in [-0.2, 0) is 13.0 Å². The summed E-state index contributed by atoms with van der Waals surface area (Å²) in [6.07, 6.45) is 3.62. The smallest absolute Gasteiger partial charge is 0.120 e. The number of aryl methyl sites for hydroxylation is 1. The van der Waals surface area contributed by atoms with Crippen LogP contribution < -0.4 is 10.1 Å². The Morgan fingerprint density at radius 2 is 2.00 bits per heavy atom. The summed E-state index contributed by atoms with van der Waals surface area (Å²) >= 11 is 5.89. The summed E-state index contributed by atoms with van der Waals surface area (Å²) in [7, 11) is 2.03. The fourth-order valence-electron chi connectivity index (χ4n) is 2.91. The summed E-state index contributed by atoms with van der Waals surface area (Å²) in [5.41, 5.74) is 3.96. The molecule has 0 amide bonds. The SMILES string of the molecule is CNC1CCCc2ccc(OCc3ccc(Cl)cc3)cc21. The van der Waals surface area contributed by atoms with Crippen LogP contribution in [-0.4, -0.2) is 7.05 Å². The van der Waals surface area contributed by atoms with E-state index in [4.69, 9.17) is 16.3 Å². The third-order valence-electron chi connectivity index (χ3n) is 4.10. The van der Waals surface area contributed by atoms with Crippen molar-refractivity contribution in [2.75, 3.05) is 7.05 Å². The molecule has 0 saturated carbocycles. The predicted octanol–water partition coefficient (Wildman–Crippen LogP) is 4.52. The Morgan fingerprint density at radius 1 is 1.19 bits per heavy atom. The Hall–Kier alpha value is -1.51. The van der Waals surface area contributed by atoms with Gasteiger partial charge in [0.1, 0.15) is 12.4 Å². The average molecular weight is 302 g/mol.